The molecule has 2 heterocycles. The second-order valence-corrected chi connectivity index (χ2v) is 5.86. The molecule has 7 nitrogen and oxygen atoms in total. The third-order valence-corrected chi connectivity index (χ3v) is 4.02. The number of urea groups is 1. The van der Waals surface area contributed by atoms with Gasteiger partial charge in [0.2, 0.25) is 0 Å². The van der Waals surface area contributed by atoms with Gasteiger partial charge in [0.1, 0.15) is 12.2 Å². The zero-order chi connectivity index (χ0) is 14.8. The number of rotatable bonds is 4. The van der Waals surface area contributed by atoms with Crippen molar-refractivity contribution >= 4 is 12.0 Å². The largest absolute Gasteiger partial charge is 0.480 e. The van der Waals surface area contributed by atoms with Crippen LogP contribution < -0.4 is 5.32 Å². The highest BCUT2D eigenvalue weighted by Gasteiger charge is 2.44. The predicted molar refractivity (Wildman–Crippen MR) is 72.6 cm³/mol. The molecule has 2 saturated heterocycles. The second-order valence-electron chi connectivity index (χ2n) is 5.86. The average Bonchev–Trinajstić information content (AvgIpc) is 2.41. The Kier molecular flexibility index (Phi) is 4.49. The zero-order valence-electron chi connectivity index (χ0n) is 12.1. The Morgan fingerprint density at radius 3 is 2.55 bits per heavy atom. The Bertz CT molecular complexity index is 376. The highest BCUT2D eigenvalue weighted by molar-refractivity contribution is 5.76. The summed E-state index contributed by atoms with van der Waals surface area (Å²) in [5.74, 6) is -0.983. The third kappa shape index (κ3) is 3.40. The molecule has 114 valence electrons. The molecule has 0 bridgehead atoms. The van der Waals surface area contributed by atoms with Crippen LogP contribution in [0.1, 0.15) is 19.8 Å². The maximum atomic E-state index is 12.3. The van der Waals surface area contributed by atoms with Crippen LogP contribution >= 0.6 is 0 Å². The van der Waals surface area contributed by atoms with Crippen molar-refractivity contribution in [3.05, 3.63) is 0 Å². The van der Waals surface area contributed by atoms with E-state index in [2.05, 4.69) is 5.32 Å². The fraction of sp³-hybridized carbons (Fsp3) is 0.846. The van der Waals surface area contributed by atoms with E-state index in [1.165, 1.54) is 0 Å². The minimum atomic E-state index is -0.983. The molecule has 0 aromatic carbocycles. The van der Waals surface area contributed by atoms with Crippen molar-refractivity contribution in [2.24, 2.45) is 0 Å². The third-order valence-electron chi connectivity index (χ3n) is 4.02. The number of carbonyl (C=O) groups is 2. The van der Waals surface area contributed by atoms with Crippen LogP contribution in [0.15, 0.2) is 0 Å². The van der Waals surface area contributed by atoms with E-state index >= 15 is 0 Å². The number of carbonyl (C=O) groups excluding carboxylic acids is 1. The molecule has 20 heavy (non-hydrogen) atoms. The molecule has 2 rings (SSSR count). The highest BCUT2D eigenvalue weighted by atomic mass is 16.5. The molecule has 0 unspecified atom stereocenters. The molecule has 0 aliphatic carbocycles. The lowest BCUT2D eigenvalue weighted by molar-refractivity contribution is -0.160. The van der Waals surface area contributed by atoms with Crippen LogP contribution in [0, 0.1) is 0 Å². The number of hydrogen-bond donors (Lipinski definition) is 2. The molecule has 0 radical (unpaired) electrons. The number of nitrogens with one attached hydrogen (secondary N) is 1. The Balaban J connectivity index is 1.79. The quantitative estimate of drug-likeness (QED) is 0.758. The van der Waals surface area contributed by atoms with Gasteiger partial charge in [-0.2, -0.15) is 0 Å². The Hall–Kier alpha value is -1.34. The Labute approximate surface area is 118 Å². The van der Waals surface area contributed by atoms with Gasteiger partial charge >= 0.3 is 12.0 Å². The van der Waals surface area contributed by atoms with Crippen LogP contribution in [-0.2, 0) is 9.53 Å². The molecular formula is C13H23N3O4. The molecule has 0 spiro atoms. The molecule has 2 aliphatic rings. The van der Waals surface area contributed by atoms with Crippen molar-refractivity contribution < 1.29 is 19.4 Å². The normalized spacial score (nSPS) is 22.2. The van der Waals surface area contributed by atoms with Crippen molar-refractivity contribution in [3.8, 4) is 0 Å². The number of nitrogens with zero attached hydrogens (tertiary/aromatic N) is 2. The smallest absolute Gasteiger partial charge is 0.329 e. The Morgan fingerprint density at radius 2 is 2.00 bits per heavy atom. The molecule has 2 aliphatic heterocycles. The Morgan fingerprint density at radius 1 is 1.40 bits per heavy atom. The summed E-state index contributed by atoms with van der Waals surface area (Å²) in [4.78, 5) is 26.3. The van der Waals surface area contributed by atoms with Crippen molar-refractivity contribution in [1.82, 2.24) is 15.1 Å². The first kappa shape index (κ1) is 15.1. The van der Waals surface area contributed by atoms with Crippen LogP contribution in [0.3, 0.4) is 0 Å². The number of amides is 2. The molecule has 2 N–H and O–H groups in total. The van der Waals surface area contributed by atoms with Crippen molar-refractivity contribution in [1.29, 1.82) is 0 Å². The van der Waals surface area contributed by atoms with E-state index < -0.39 is 11.6 Å². The lowest BCUT2D eigenvalue weighted by Crippen LogP contribution is -2.66. The minimum Gasteiger partial charge on any atom is -0.480 e. The van der Waals surface area contributed by atoms with E-state index in [4.69, 9.17) is 9.84 Å². The lowest BCUT2D eigenvalue weighted by Gasteiger charge is -2.49. The van der Waals surface area contributed by atoms with Crippen LogP contribution in [0.5, 0.6) is 0 Å². The van der Waals surface area contributed by atoms with Crippen molar-refractivity contribution in [2.75, 3.05) is 39.8 Å². The van der Waals surface area contributed by atoms with E-state index in [0.717, 1.165) is 25.9 Å². The van der Waals surface area contributed by atoms with E-state index in [-0.39, 0.29) is 18.7 Å². The van der Waals surface area contributed by atoms with Gasteiger partial charge in [0.15, 0.2) is 0 Å². The van der Waals surface area contributed by atoms with Gasteiger partial charge in [-0.1, -0.05) is 0 Å². The molecule has 0 aromatic heterocycles. The summed E-state index contributed by atoms with van der Waals surface area (Å²) in [6.45, 7) is 4.32. The summed E-state index contributed by atoms with van der Waals surface area (Å²) in [5.41, 5.74) is -0.525. The van der Waals surface area contributed by atoms with E-state index in [1.54, 1.807) is 9.80 Å². The van der Waals surface area contributed by atoms with Gasteiger partial charge in [-0.05, 0) is 32.9 Å². The zero-order valence-corrected chi connectivity index (χ0v) is 12.1. The van der Waals surface area contributed by atoms with Gasteiger partial charge in [-0.25, -0.2) is 9.59 Å². The van der Waals surface area contributed by atoms with Gasteiger partial charge < -0.3 is 25.0 Å². The fourth-order valence-electron chi connectivity index (χ4n) is 2.80. The first-order valence-electron chi connectivity index (χ1n) is 6.99. The van der Waals surface area contributed by atoms with Crippen molar-refractivity contribution in [2.45, 2.75) is 31.4 Å². The number of aliphatic carboxylic acids is 1. The average molecular weight is 285 g/mol. The monoisotopic (exact) mass is 285 g/mol. The molecule has 0 atom stereocenters. The summed E-state index contributed by atoms with van der Waals surface area (Å²) < 4.78 is 5.31. The summed E-state index contributed by atoms with van der Waals surface area (Å²) in [6.07, 6.45) is 1.95. The highest BCUT2D eigenvalue weighted by Crippen LogP contribution is 2.26. The van der Waals surface area contributed by atoms with E-state index in [0.29, 0.717) is 13.1 Å². The second kappa shape index (κ2) is 5.97. The van der Waals surface area contributed by atoms with Crippen LogP contribution in [0.25, 0.3) is 0 Å². The van der Waals surface area contributed by atoms with Crippen LogP contribution in [0.2, 0.25) is 0 Å². The number of likely N-dealkylation sites (tertiary alicyclic amines) is 1. The molecule has 2 fully saturated rings. The number of carboxylic acids is 1. The maximum absolute atomic E-state index is 12.3. The van der Waals surface area contributed by atoms with Gasteiger partial charge in [-0.3, -0.25) is 0 Å². The van der Waals surface area contributed by atoms with Crippen molar-refractivity contribution in [3.63, 3.8) is 0 Å². The molecule has 0 saturated carbocycles. The molecule has 0 aromatic rings. The molecule has 2 amide bonds. The maximum Gasteiger partial charge on any atom is 0.329 e. The predicted octanol–water partition coefficient (Wildman–Crippen LogP) is -0.0343. The van der Waals surface area contributed by atoms with Gasteiger partial charge in [0.05, 0.1) is 13.1 Å². The summed E-state index contributed by atoms with van der Waals surface area (Å²) >= 11 is 0. The van der Waals surface area contributed by atoms with Crippen LogP contribution in [-0.4, -0.2) is 78.4 Å². The number of carboxylic acid groups (broad SMARTS) is 1. The number of hydrogen-bond acceptors (Lipinski definition) is 4. The van der Waals surface area contributed by atoms with Gasteiger partial charge in [0, 0.05) is 13.1 Å². The first-order valence-corrected chi connectivity index (χ1v) is 6.99. The summed E-state index contributed by atoms with van der Waals surface area (Å²) in [7, 11) is 1.84. The van der Waals surface area contributed by atoms with Gasteiger partial charge in [-0.15, -0.1) is 0 Å². The minimum absolute atomic E-state index is 0.00769. The number of ether oxygens (including phenoxy) is 1. The lowest BCUT2D eigenvalue weighted by atomic mass is 9.96. The summed E-state index contributed by atoms with van der Waals surface area (Å²) in [6, 6.07) is 0.295. The van der Waals surface area contributed by atoms with E-state index in [1.807, 2.05) is 14.0 Å². The van der Waals surface area contributed by atoms with Gasteiger partial charge in [0.25, 0.3) is 0 Å². The van der Waals surface area contributed by atoms with E-state index in [9.17, 15) is 9.59 Å². The number of piperidine rings is 1. The SMILES string of the molecule is CN(C(=O)N1CC(C)(OCC(=O)O)C1)C1CCNCC1. The standard InChI is InChI=1S/C13H23N3O4/c1-13(20-7-11(17)18)8-16(9-13)12(19)15(2)10-3-5-14-6-4-10/h10,14H,3-9H2,1-2H3,(H,17,18). The molecule has 7 heteroatoms. The van der Waals surface area contributed by atoms with Crippen LogP contribution in [0.4, 0.5) is 4.79 Å². The molecular weight excluding hydrogens is 262 g/mol. The fourth-order valence-corrected chi connectivity index (χ4v) is 2.80. The first-order chi connectivity index (χ1) is 9.41. The topological polar surface area (TPSA) is 82.1 Å². The summed E-state index contributed by atoms with van der Waals surface area (Å²) in [5, 5.41) is 11.9.